The summed E-state index contributed by atoms with van der Waals surface area (Å²) in [6.45, 7) is 5.55. The highest BCUT2D eigenvalue weighted by molar-refractivity contribution is 6.04. The molecule has 27 heavy (non-hydrogen) atoms. The summed E-state index contributed by atoms with van der Waals surface area (Å²) in [6, 6.07) is 8.78. The van der Waals surface area contributed by atoms with Crippen molar-refractivity contribution in [3.05, 3.63) is 42.1 Å². The number of hydrogen-bond acceptors (Lipinski definition) is 7. The SMILES string of the molecule is O=C(Nc1ccc(NCCN2CCOCC2)cn1)c1ccc2c(c1)OCO2. The summed E-state index contributed by atoms with van der Waals surface area (Å²) >= 11 is 0. The van der Waals surface area contributed by atoms with E-state index in [4.69, 9.17) is 14.2 Å². The molecule has 142 valence electrons. The number of anilines is 2. The van der Waals surface area contributed by atoms with Crippen LogP contribution in [0.25, 0.3) is 0 Å². The molecule has 1 amide bonds. The van der Waals surface area contributed by atoms with Crippen LogP contribution in [0.2, 0.25) is 0 Å². The molecule has 2 N–H and O–H groups in total. The van der Waals surface area contributed by atoms with E-state index in [-0.39, 0.29) is 12.7 Å². The molecule has 1 aromatic carbocycles. The molecular formula is C19H22N4O4. The number of nitrogens with one attached hydrogen (secondary N) is 2. The third-order valence-electron chi connectivity index (χ3n) is 4.50. The van der Waals surface area contributed by atoms with Gasteiger partial charge in [0.15, 0.2) is 11.5 Å². The Balaban J connectivity index is 1.27. The first-order chi connectivity index (χ1) is 13.3. The van der Waals surface area contributed by atoms with Gasteiger partial charge in [-0.05, 0) is 30.3 Å². The summed E-state index contributed by atoms with van der Waals surface area (Å²) in [4.78, 5) is 19.0. The van der Waals surface area contributed by atoms with E-state index in [0.29, 0.717) is 22.9 Å². The van der Waals surface area contributed by atoms with Gasteiger partial charge < -0.3 is 24.8 Å². The number of fused-ring (bicyclic) bond motifs is 1. The second-order valence-corrected chi connectivity index (χ2v) is 6.34. The molecule has 0 aliphatic carbocycles. The zero-order chi connectivity index (χ0) is 18.5. The maximum absolute atomic E-state index is 12.4. The van der Waals surface area contributed by atoms with E-state index in [9.17, 15) is 4.79 Å². The van der Waals surface area contributed by atoms with Crippen molar-refractivity contribution in [3.63, 3.8) is 0 Å². The first-order valence-corrected chi connectivity index (χ1v) is 8.99. The zero-order valence-corrected chi connectivity index (χ0v) is 14.9. The van der Waals surface area contributed by atoms with Crippen molar-refractivity contribution in [2.45, 2.75) is 0 Å². The van der Waals surface area contributed by atoms with Crippen molar-refractivity contribution in [2.24, 2.45) is 0 Å². The second-order valence-electron chi connectivity index (χ2n) is 6.34. The van der Waals surface area contributed by atoms with Crippen molar-refractivity contribution < 1.29 is 19.0 Å². The number of nitrogens with zero attached hydrogens (tertiary/aromatic N) is 2. The number of aromatic nitrogens is 1. The smallest absolute Gasteiger partial charge is 0.256 e. The van der Waals surface area contributed by atoms with Gasteiger partial charge in [-0.25, -0.2) is 4.98 Å². The third-order valence-corrected chi connectivity index (χ3v) is 4.50. The van der Waals surface area contributed by atoms with Gasteiger partial charge in [0.25, 0.3) is 5.91 Å². The maximum atomic E-state index is 12.4. The lowest BCUT2D eigenvalue weighted by Crippen LogP contribution is -2.39. The Kier molecular flexibility index (Phi) is 5.36. The molecule has 8 nitrogen and oxygen atoms in total. The molecule has 0 saturated carbocycles. The van der Waals surface area contributed by atoms with Crippen molar-refractivity contribution >= 4 is 17.4 Å². The largest absolute Gasteiger partial charge is 0.454 e. The van der Waals surface area contributed by atoms with Gasteiger partial charge in [0.05, 0.1) is 25.1 Å². The molecule has 1 fully saturated rings. The number of amides is 1. The minimum atomic E-state index is -0.242. The predicted molar refractivity (Wildman–Crippen MR) is 101 cm³/mol. The van der Waals surface area contributed by atoms with E-state index < -0.39 is 0 Å². The number of carbonyl (C=O) groups excluding carboxylic acids is 1. The Morgan fingerprint density at radius 1 is 1.11 bits per heavy atom. The van der Waals surface area contributed by atoms with Crippen LogP contribution in [0, 0.1) is 0 Å². The Hall–Kier alpha value is -2.84. The van der Waals surface area contributed by atoms with Gasteiger partial charge in [-0.2, -0.15) is 0 Å². The lowest BCUT2D eigenvalue weighted by Gasteiger charge is -2.26. The van der Waals surface area contributed by atoms with Gasteiger partial charge >= 0.3 is 0 Å². The highest BCUT2D eigenvalue weighted by Gasteiger charge is 2.16. The molecule has 8 heteroatoms. The van der Waals surface area contributed by atoms with Crippen molar-refractivity contribution in [3.8, 4) is 11.5 Å². The van der Waals surface area contributed by atoms with E-state index in [2.05, 4.69) is 20.5 Å². The topological polar surface area (TPSA) is 85.0 Å². The molecule has 1 aromatic heterocycles. The average molecular weight is 370 g/mol. The van der Waals surface area contributed by atoms with Gasteiger partial charge in [0.1, 0.15) is 5.82 Å². The fourth-order valence-electron chi connectivity index (χ4n) is 2.98. The maximum Gasteiger partial charge on any atom is 0.256 e. The molecular weight excluding hydrogens is 348 g/mol. The van der Waals surface area contributed by atoms with E-state index in [1.165, 1.54) is 0 Å². The van der Waals surface area contributed by atoms with Crippen LogP contribution in [0.15, 0.2) is 36.5 Å². The van der Waals surface area contributed by atoms with Crippen LogP contribution in [-0.2, 0) is 4.74 Å². The first kappa shape index (κ1) is 17.6. The molecule has 1 saturated heterocycles. The number of pyridine rings is 1. The Bertz CT molecular complexity index is 791. The molecule has 0 atom stereocenters. The number of hydrogen-bond donors (Lipinski definition) is 2. The highest BCUT2D eigenvalue weighted by atomic mass is 16.7. The summed E-state index contributed by atoms with van der Waals surface area (Å²) in [5.41, 5.74) is 1.41. The van der Waals surface area contributed by atoms with Gasteiger partial charge in [0.2, 0.25) is 6.79 Å². The minimum absolute atomic E-state index is 0.183. The van der Waals surface area contributed by atoms with Crippen LogP contribution >= 0.6 is 0 Å². The highest BCUT2D eigenvalue weighted by Crippen LogP contribution is 2.32. The monoisotopic (exact) mass is 370 g/mol. The quantitative estimate of drug-likeness (QED) is 0.802. The first-order valence-electron chi connectivity index (χ1n) is 8.99. The molecule has 2 aliphatic rings. The van der Waals surface area contributed by atoms with Crippen LogP contribution in [0.3, 0.4) is 0 Å². The Morgan fingerprint density at radius 2 is 1.96 bits per heavy atom. The van der Waals surface area contributed by atoms with Crippen LogP contribution in [0.1, 0.15) is 10.4 Å². The zero-order valence-electron chi connectivity index (χ0n) is 14.9. The molecule has 2 aliphatic heterocycles. The van der Waals surface area contributed by atoms with Crippen molar-refractivity contribution in [2.75, 3.05) is 56.8 Å². The van der Waals surface area contributed by atoms with Gasteiger partial charge in [-0.15, -0.1) is 0 Å². The Labute approximate surface area is 157 Å². The summed E-state index contributed by atoms with van der Waals surface area (Å²) in [7, 11) is 0. The molecule has 3 heterocycles. The van der Waals surface area contributed by atoms with Gasteiger partial charge in [0, 0.05) is 31.7 Å². The van der Waals surface area contributed by atoms with Crippen LogP contribution in [0.4, 0.5) is 11.5 Å². The third kappa shape index (κ3) is 4.47. The van der Waals surface area contributed by atoms with E-state index in [0.717, 1.165) is 45.1 Å². The Morgan fingerprint density at radius 3 is 2.78 bits per heavy atom. The molecule has 0 unspecified atom stereocenters. The molecule has 0 radical (unpaired) electrons. The molecule has 4 rings (SSSR count). The second kappa shape index (κ2) is 8.24. The number of ether oxygens (including phenoxy) is 3. The van der Waals surface area contributed by atoms with E-state index >= 15 is 0 Å². The molecule has 0 spiro atoms. The summed E-state index contributed by atoms with van der Waals surface area (Å²) in [6.07, 6.45) is 1.72. The van der Waals surface area contributed by atoms with Gasteiger partial charge in [-0.1, -0.05) is 0 Å². The molecule has 0 bridgehead atoms. The number of benzene rings is 1. The lowest BCUT2D eigenvalue weighted by atomic mass is 10.2. The summed E-state index contributed by atoms with van der Waals surface area (Å²) in [5, 5.41) is 6.13. The number of rotatable bonds is 6. The minimum Gasteiger partial charge on any atom is -0.454 e. The van der Waals surface area contributed by atoms with Crippen molar-refractivity contribution in [1.29, 1.82) is 0 Å². The lowest BCUT2D eigenvalue weighted by molar-refractivity contribution is 0.0398. The number of carbonyl (C=O) groups is 1. The van der Waals surface area contributed by atoms with Gasteiger partial charge in [-0.3, -0.25) is 9.69 Å². The van der Waals surface area contributed by atoms with Crippen LogP contribution < -0.4 is 20.1 Å². The van der Waals surface area contributed by atoms with E-state index in [1.807, 2.05) is 6.07 Å². The molecule has 2 aromatic rings. The predicted octanol–water partition coefficient (Wildman–Crippen LogP) is 1.81. The average Bonchev–Trinajstić information content (AvgIpc) is 3.18. The standard InChI is InChI=1S/C19H22N4O4/c24-19(14-1-3-16-17(11-14)27-13-26-16)22-18-4-2-15(12-21-18)20-5-6-23-7-9-25-10-8-23/h1-4,11-12,20H,5-10,13H2,(H,21,22,24). The fraction of sp³-hybridized carbons (Fsp3) is 0.368. The summed E-state index contributed by atoms with van der Waals surface area (Å²) < 4.78 is 15.9. The van der Waals surface area contributed by atoms with Crippen LogP contribution in [-0.4, -0.2) is 62.0 Å². The summed E-state index contributed by atoms with van der Waals surface area (Å²) in [5.74, 6) is 1.48. The fourth-order valence-corrected chi connectivity index (χ4v) is 2.98. The van der Waals surface area contributed by atoms with Crippen LogP contribution in [0.5, 0.6) is 11.5 Å². The van der Waals surface area contributed by atoms with E-state index in [1.54, 1.807) is 30.5 Å². The van der Waals surface area contributed by atoms with Crippen molar-refractivity contribution in [1.82, 2.24) is 9.88 Å². The number of morpholine rings is 1. The normalized spacial score (nSPS) is 16.1.